The summed E-state index contributed by atoms with van der Waals surface area (Å²) in [6.45, 7) is 0.426. The fourth-order valence-electron chi connectivity index (χ4n) is 3.48. The molecule has 0 aliphatic carbocycles. The number of halogens is 1. The van der Waals surface area contributed by atoms with Crippen LogP contribution in [0.4, 0.5) is 10.1 Å². The zero-order valence-electron chi connectivity index (χ0n) is 17.3. The van der Waals surface area contributed by atoms with Crippen LogP contribution in [-0.4, -0.2) is 28.0 Å². The van der Waals surface area contributed by atoms with E-state index in [0.717, 1.165) is 17.3 Å². The van der Waals surface area contributed by atoms with E-state index < -0.39 is 0 Å². The minimum absolute atomic E-state index is 0.0310. The first kappa shape index (κ1) is 21.0. The molecule has 3 aromatic carbocycles. The molecule has 0 atom stereocenters. The molecule has 1 aliphatic heterocycles. The fraction of sp³-hybridized carbons (Fsp3) is 0.125. The molecule has 0 fully saturated rings. The number of thioether (sulfide) groups is 1. The quantitative estimate of drug-likeness (QED) is 0.343. The number of hydrogen-bond acceptors (Lipinski definition) is 6. The van der Waals surface area contributed by atoms with Crippen molar-refractivity contribution in [1.82, 2.24) is 9.55 Å². The largest absolute Gasteiger partial charge is 0.454 e. The summed E-state index contributed by atoms with van der Waals surface area (Å²) >= 11 is 1.16. The lowest BCUT2D eigenvalue weighted by Crippen LogP contribution is -2.25. The van der Waals surface area contributed by atoms with E-state index in [2.05, 4.69) is 10.3 Å². The molecule has 166 valence electrons. The molecule has 5 rings (SSSR count). The Balaban J connectivity index is 1.42. The van der Waals surface area contributed by atoms with Crippen LogP contribution in [0.5, 0.6) is 11.5 Å². The fourth-order valence-corrected chi connectivity index (χ4v) is 4.28. The van der Waals surface area contributed by atoms with Crippen molar-refractivity contribution >= 4 is 34.3 Å². The molecule has 1 N–H and O–H groups in total. The summed E-state index contributed by atoms with van der Waals surface area (Å²) in [7, 11) is 0. The molecule has 9 heteroatoms. The van der Waals surface area contributed by atoms with E-state index in [9.17, 15) is 14.0 Å². The second-order valence-electron chi connectivity index (χ2n) is 7.33. The molecular formula is C24H18FN3O4S. The van der Waals surface area contributed by atoms with Crippen molar-refractivity contribution < 1.29 is 18.7 Å². The second-order valence-corrected chi connectivity index (χ2v) is 8.28. The molecule has 0 unspecified atom stereocenters. The van der Waals surface area contributed by atoms with Gasteiger partial charge in [0.1, 0.15) is 5.82 Å². The highest BCUT2D eigenvalue weighted by Gasteiger charge is 2.17. The number of ether oxygens (including phenoxy) is 2. The van der Waals surface area contributed by atoms with Gasteiger partial charge in [-0.05, 0) is 54.1 Å². The third-order valence-corrected chi connectivity index (χ3v) is 6.04. The van der Waals surface area contributed by atoms with Gasteiger partial charge in [0.05, 0.1) is 23.2 Å². The van der Waals surface area contributed by atoms with Crippen LogP contribution in [0.25, 0.3) is 10.9 Å². The lowest BCUT2D eigenvalue weighted by atomic mass is 10.2. The average molecular weight is 463 g/mol. The molecule has 1 amide bonds. The standard InChI is InChI=1S/C24H18FN3O4S/c25-16-6-8-17(9-7-16)26-22(29)13-33-24-27-19-4-2-1-3-18(19)23(30)28(24)12-15-5-10-20-21(11-15)32-14-31-20/h1-11H,12-14H2,(H,26,29). The summed E-state index contributed by atoms with van der Waals surface area (Å²) in [4.78, 5) is 30.4. The van der Waals surface area contributed by atoms with Gasteiger partial charge in [0.2, 0.25) is 12.7 Å². The number of carbonyl (C=O) groups excluding carboxylic acids is 1. The lowest BCUT2D eigenvalue weighted by molar-refractivity contribution is -0.113. The highest BCUT2D eigenvalue weighted by atomic mass is 32.2. The van der Waals surface area contributed by atoms with Gasteiger partial charge in [0.15, 0.2) is 16.7 Å². The minimum atomic E-state index is -0.379. The average Bonchev–Trinajstić information content (AvgIpc) is 3.29. The molecule has 1 aliphatic rings. The van der Waals surface area contributed by atoms with Gasteiger partial charge in [-0.3, -0.25) is 14.2 Å². The van der Waals surface area contributed by atoms with Gasteiger partial charge in [-0.25, -0.2) is 9.37 Å². The van der Waals surface area contributed by atoms with Crippen LogP contribution in [0.15, 0.2) is 76.7 Å². The van der Waals surface area contributed by atoms with Crippen molar-refractivity contribution in [2.24, 2.45) is 0 Å². The van der Waals surface area contributed by atoms with Crippen molar-refractivity contribution in [2.75, 3.05) is 17.9 Å². The van der Waals surface area contributed by atoms with E-state index in [0.29, 0.717) is 33.2 Å². The first-order chi connectivity index (χ1) is 16.1. The van der Waals surface area contributed by atoms with Gasteiger partial charge in [-0.15, -0.1) is 0 Å². The summed E-state index contributed by atoms with van der Waals surface area (Å²) in [6.07, 6.45) is 0. The lowest BCUT2D eigenvalue weighted by Gasteiger charge is -2.13. The Morgan fingerprint density at radius 1 is 1.06 bits per heavy atom. The van der Waals surface area contributed by atoms with Crippen molar-refractivity contribution in [3.63, 3.8) is 0 Å². The summed E-state index contributed by atoms with van der Waals surface area (Å²) in [5.41, 5.74) is 1.70. The number of anilines is 1. The summed E-state index contributed by atoms with van der Waals surface area (Å²) in [6, 6.07) is 18.1. The number of fused-ring (bicyclic) bond motifs is 2. The van der Waals surface area contributed by atoms with E-state index in [-0.39, 0.29) is 36.4 Å². The van der Waals surface area contributed by atoms with E-state index in [4.69, 9.17) is 9.47 Å². The van der Waals surface area contributed by atoms with Gasteiger partial charge in [0.25, 0.3) is 5.56 Å². The molecule has 0 bridgehead atoms. The maximum absolute atomic E-state index is 13.3. The van der Waals surface area contributed by atoms with Crippen LogP contribution in [0.3, 0.4) is 0 Å². The summed E-state index contributed by atoms with van der Waals surface area (Å²) < 4.78 is 25.4. The first-order valence-corrected chi connectivity index (χ1v) is 11.1. The van der Waals surface area contributed by atoms with E-state index in [1.54, 1.807) is 28.8 Å². The van der Waals surface area contributed by atoms with Gasteiger partial charge in [0, 0.05) is 5.69 Å². The Bertz CT molecular complexity index is 1410. The Labute approximate surface area is 192 Å². The predicted octanol–water partition coefficient (Wildman–Crippen LogP) is 4.04. The monoisotopic (exact) mass is 463 g/mol. The van der Waals surface area contributed by atoms with Crippen molar-refractivity contribution in [3.05, 3.63) is 88.5 Å². The molecule has 0 radical (unpaired) electrons. The summed E-state index contributed by atoms with van der Waals surface area (Å²) in [5, 5.41) is 3.64. The smallest absolute Gasteiger partial charge is 0.262 e. The molecule has 0 spiro atoms. The Hall–Kier alpha value is -3.85. The van der Waals surface area contributed by atoms with Crippen LogP contribution in [-0.2, 0) is 11.3 Å². The SMILES string of the molecule is O=C(CSc1nc2ccccc2c(=O)n1Cc1ccc2c(c1)OCO2)Nc1ccc(F)cc1. The highest BCUT2D eigenvalue weighted by molar-refractivity contribution is 7.99. The first-order valence-electron chi connectivity index (χ1n) is 10.1. The number of hydrogen-bond donors (Lipinski definition) is 1. The van der Waals surface area contributed by atoms with E-state index >= 15 is 0 Å². The van der Waals surface area contributed by atoms with Gasteiger partial charge < -0.3 is 14.8 Å². The molecule has 0 saturated heterocycles. The highest BCUT2D eigenvalue weighted by Crippen LogP contribution is 2.33. The number of carbonyl (C=O) groups is 1. The van der Waals surface area contributed by atoms with Crippen molar-refractivity contribution in [1.29, 1.82) is 0 Å². The number of amides is 1. The predicted molar refractivity (Wildman–Crippen MR) is 123 cm³/mol. The number of benzene rings is 3. The normalized spacial score (nSPS) is 12.2. The van der Waals surface area contributed by atoms with Gasteiger partial charge in [-0.2, -0.15) is 0 Å². The van der Waals surface area contributed by atoms with E-state index in [1.807, 2.05) is 18.2 Å². The molecule has 33 heavy (non-hydrogen) atoms. The van der Waals surface area contributed by atoms with Gasteiger partial charge in [-0.1, -0.05) is 30.0 Å². The number of nitrogens with zero attached hydrogens (tertiary/aromatic N) is 2. The van der Waals surface area contributed by atoms with Crippen LogP contribution >= 0.6 is 11.8 Å². The number of nitrogens with one attached hydrogen (secondary N) is 1. The molecule has 2 heterocycles. The Kier molecular flexibility index (Phi) is 5.70. The molecule has 4 aromatic rings. The number of rotatable bonds is 6. The minimum Gasteiger partial charge on any atom is -0.454 e. The van der Waals surface area contributed by atoms with Crippen LogP contribution in [0, 0.1) is 5.82 Å². The Morgan fingerprint density at radius 2 is 1.85 bits per heavy atom. The zero-order valence-corrected chi connectivity index (χ0v) is 18.1. The maximum Gasteiger partial charge on any atom is 0.262 e. The van der Waals surface area contributed by atoms with E-state index in [1.165, 1.54) is 24.3 Å². The molecule has 7 nitrogen and oxygen atoms in total. The van der Waals surface area contributed by atoms with Gasteiger partial charge >= 0.3 is 0 Å². The molecule has 1 aromatic heterocycles. The number of aromatic nitrogens is 2. The molecular weight excluding hydrogens is 445 g/mol. The summed E-state index contributed by atoms with van der Waals surface area (Å²) in [5.74, 6) is 0.652. The third-order valence-electron chi connectivity index (χ3n) is 5.06. The second kappa shape index (κ2) is 8.95. The Morgan fingerprint density at radius 3 is 2.70 bits per heavy atom. The number of para-hydroxylation sites is 1. The van der Waals surface area contributed by atoms with Crippen LogP contribution < -0.4 is 20.3 Å². The van der Waals surface area contributed by atoms with Crippen molar-refractivity contribution in [2.45, 2.75) is 11.7 Å². The van der Waals surface area contributed by atoms with Crippen molar-refractivity contribution in [3.8, 4) is 11.5 Å². The molecule has 0 saturated carbocycles. The zero-order chi connectivity index (χ0) is 22.8. The third kappa shape index (κ3) is 4.54. The maximum atomic E-state index is 13.3. The van der Waals surface area contributed by atoms with Crippen LogP contribution in [0.2, 0.25) is 0 Å². The topological polar surface area (TPSA) is 82.5 Å². The van der Waals surface area contributed by atoms with Crippen LogP contribution in [0.1, 0.15) is 5.56 Å².